The molecule has 0 radical (unpaired) electrons. The molecule has 0 unspecified atom stereocenters. The molecule has 0 aliphatic carbocycles. The minimum Gasteiger partial charge on any atom is -0.491 e. The SMILES string of the molecule is Cc1ccccc1OCCNc1nc(C)c(C(=O)Nc2ccccc2)s1.Cl. The first-order valence-electron chi connectivity index (χ1n) is 8.39. The summed E-state index contributed by atoms with van der Waals surface area (Å²) in [6.45, 7) is 4.99. The second-order valence-electron chi connectivity index (χ2n) is 5.79. The summed E-state index contributed by atoms with van der Waals surface area (Å²) in [7, 11) is 0. The normalized spacial score (nSPS) is 10.0. The molecule has 3 rings (SSSR count). The number of para-hydroxylation sites is 2. The fraction of sp³-hybridized carbons (Fsp3) is 0.200. The Hall–Kier alpha value is -2.57. The Kier molecular flexibility index (Phi) is 7.64. The van der Waals surface area contributed by atoms with Gasteiger partial charge in [-0.3, -0.25) is 4.79 Å². The summed E-state index contributed by atoms with van der Waals surface area (Å²) in [5, 5.41) is 6.82. The Labute approximate surface area is 169 Å². The summed E-state index contributed by atoms with van der Waals surface area (Å²) in [6, 6.07) is 17.3. The smallest absolute Gasteiger partial charge is 0.267 e. The van der Waals surface area contributed by atoms with Crippen molar-refractivity contribution in [2.45, 2.75) is 13.8 Å². The van der Waals surface area contributed by atoms with E-state index in [9.17, 15) is 4.79 Å². The average Bonchev–Trinajstić information content (AvgIpc) is 3.02. The predicted octanol–water partition coefficient (Wildman–Crippen LogP) is 4.92. The Balaban J connectivity index is 0.00000261. The first-order valence-corrected chi connectivity index (χ1v) is 9.21. The third-order valence-corrected chi connectivity index (χ3v) is 4.88. The van der Waals surface area contributed by atoms with Gasteiger partial charge >= 0.3 is 0 Å². The molecule has 0 saturated heterocycles. The summed E-state index contributed by atoms with van der Waals surface area (Å²) >= 11 is 1.35. The van der Waals surface area contributed by atoms with Gasteiger partial charge in [-0.2, -0.15) is 0 Å². The second-order valence-corrected chi connectivity index (χ2v) is 6.79. The lowest BCUT2D eigenvalue weighted by atomic mass is 10.2. The van der Waals surface area contributed by atoms with Gasteiger partial charge in [0.25, 0.3) is 5.91 Å². The van der Waals surface area contributed by atoms with E-state index in [1.54, 1.807) is 0 Å². The highest BCUT2D eigenvalue weighted by Crippen LogP contribution is 2.23. The third kappa shape index (κ3) is 5.70. The first kappa shape index (κ1) is 20.7. The van der Waals surface area contributed by atoms with Crippen molar-refractivity contribution >= 4 is 40.5 Å². The third-order valence-electron chi connectivity index (χ3n) is 3.76. The summed E-state index contributed by atoms with van der Waals surface area (Å²) in [5.74, 6) is 0.739. The first-order chi connectivity index (χ1) is 12.6. The van der Waals surface area contributed by atoms with Crippen molar-refractivity contribution in [3.8, 4) is 5.75 Å². The van der Waals surface area contributed by atoms with Crippen molar-refractivity contribution in [1.82, 2.24) is 4.98 Å². The van der Waals surface area contributed by atoms with E-state index in [0.29, 0.717) is 28.9 Å². The van der Waals surface area contributed by atoms with Crippen LogP contribution in [0.25, 0.3) is 0 Å². The zero-order valence-electron chi connectivity index (χ0n) is 15.2. The van der Waals surface area contributed by atoms with Gasteiger partial charge in [0.15, 0.2) is 5.13 Å². The van der Waals surface area contributed by atoms with Gasteiger partial charge in [-0.05, 0) is 37.6 Å². The topological polar surface area (TPSA) is 63.2 Å². The van der Waals surface area contributed by atoms with Crippen molar-refractivity contribution in [2.24, 2.45) is 0 Å². The van der Waals surface area contributed by atoms with Gasteiger partial charge in [-0.25, -0.2) is 4.98 Å². The number of hydrogen-bond donors (Lipinski definition) is 2. The molecule has 2 aromatic carbocycles. The fourth-order valence-electron chi connectivity index (χ4n) is 2.43. The van der Waals surface area contributed by atoms with Crippen LogP contribution in [0.2, 0.25) is 0 Å². The highest BCUT2D eigenvalue weighted by atomic mass is 35.5. The van der Waals surface area contributed by atoms with Crippen LogP contribution in [-0.4, -0.2) is 24.0 Å². The van der Waals surface area contributed by atoms with E-state index >= 15 is 0 Å². The van der Waals surface area contributed by atoms with Gasteiger partial charge < -0.3 is 15.4 Å². The molecule has 142 valence electrons. The number of aryl methyl sites for hydroxylation is 2. The van der Waals surface area contributed by atoms with Crippen molar-refractivity contribution in [3.05, 3.63) is 70.7 Å². The summed E-state index contributed by atoms with van der Waals surface area (Å²) in [6.07, 6.45) is 0. The number of hydrogen-bond acceptors (Lipinski definition) is 5. The highest BCUT2D eigenvalue weighted by Gasteiger charge is 2.15. The van der Waals surface area contributed by atoms with Gasteiger partial charge in [-0.15, -0.1) is 12.4 Å². The van der Waals surface area contributed by atoms with Crippen molar-refractivity contribution < 1.29 is 9.53 Å². The average molecular weight is 404 g/mol. The van der Waals surface area contributed by atoms with E-state index < -0.39 is 0 Å². The maximum Gasteiger partial charge on any atom is 0.267 e. The zero-order valence-corrected chi connectivity index (χ0v) is 16.8. The number of thiazole rings is 1. The monoisotopic (exact) mass is 403 g/mol. The molecule has 27 heavy (non-hydrogen) atoms. The van der Waals surface area contributed by atoms with Gasteiger partial charge in [0.1, 0.15) is 17.2 Å². The van der Waals surface area contributed by atoms with Crippen LogP contribution in [0, 0.1) is 13.8 Å². The molecule has 1 aromatic heterocycles. The Bertz CT molecular complexity index is 884. The lowest BCUT2D eigenvalue weighted by Gasteiger charge is -2.08. The molecule has 1 heterocycles. The molecule has 0 aliphatic rings. The second kappa shape index (κ2) is 9.94. The Morgan fingerprint density at radius 2 is 1.78 bits per heavy atom. The molecule has 0 aliphatic heterocycles. The lowest BCUT2D eigenvalue weighted by molar-refractivity contribution is 0.103. The van der Waals surface area contributed by atoms with Gasteiger partial charge in [0.05, 0.1) is 12.2 Å². The number of nitrogens with zero attached hydrogens (tertiary/aromatic N) is 1. The minimum atomic E-state index is -0.143. The molecule has 0 saturated carbocycles. The fourth-order valence-corrected chi connectivity index (χ4v) is 3.32. The number of ether oxygens (including phenoxy) is 1. The van der Waals surface area contributed by atoms with Crippen LogP contribution in [0.1, 0.15) is 20.9 Å². The molecule has 0 fully saturated rings. The Morgan fingerprint density at radius 3 is 2.52 bits per heavy atom. The van der Waals surface area contributed by atoms with Crippen LogP contribution in [0.5, 0.6) is 5.75 Å². The predicted molar refractivity (Wildman–Crippen MR) is 114 cm³/mol. The number of aromatic nitrogens is 1. The van der Waals surface area contributed by atoms with Crippen molar-refractivity contribution in [2.75, 3.05) is 23.8 Å². The van der Waals surface area contributed by atoms with E-state index in [2.05, 4.69) is 15.6 Å². The number of nitrogens with one attached hydrogen (secondary N) is 2. The largest absolute Gasteiger partial charge is 0.491 e. The number of amides is 1. The van der Waals surface area contributed by atoms with Gasteiger partial charge in [0, 0.05) is 5.69 Å². The van der Waals surface area contributed by atoms with Crippen molar-refractivity contribution in [3.63, 3.8) is 0 Å². The molecule has 0 atom stereocenters. The minimum absolute atomic E-state index is 0. The number of benzene rings is 2. The molecule has 7 heteroatoms. The molecule has 1 amide bonds. The number of carbonyl (C=O) groups is 1. The number of rotatable bonds is 7. The van der Waals surface area contributed by atoms with Crippen LogP contribution >= 0.6 is 23.7 Å². The number of carbonyl (C=O) groups excluding carboxylic acids is 1. The Morgan fingerprint density at radius 1 is 1.07 bits per heavy atom. The van der Waals surface area contributed by atoms with Crippen LogP contribution < -0.4 is 15.4 Å². The molecule has 0 spiro atoms. The van der Waals surface area contributed by atoms with E-state index in [1.165, 1.54) is 11.3 Å². The lowest BCUT2D eigenvalue weighted by Crippen LogP contribution is -2.11. The molecule has 3 aromatic rings. The van der Waals surface area contributed by atoms with Crippen LogP contribution in [0.15, 0.2) is 54.6 Å². The quantitative estimate of drug-likeness (QED) is 0.549. The van der Waals surface area contributed by atoms with E-state index in [4.69, 9.17) is 4.74 Å². The highest BCUT2D eigenvalue weighted by molar-refractivity contribution is 7.17. The number of halogens is 1. The zero-order chi connectivity index (χ0) is 18.4. The maximum atomic E-state index is 12.4. The summed E-state index contributed by atoms with van der Waals surface area (Å²) < 4.78 is 5.76. The van der Waals surface area contributed by atoms with Crippen LogP contribution in [-0.2, 0) is 0 Å². The van der Waals surface area contributed by atoms with E-state index in [-0.39, 0.29) is 18.3 Å². The van der Waals surface area contributed by atoms with Crippen molar-refractivity contribution in [1.29, 1.82) is 0 Å². The summed E-state index contributed by atoms with van der Waals surface area (Å²) in [5.41, 5.74) is 2.59. The maximum absolute atomic E-state index is 12.4. The van der Waals surface area contributed by atoms with Gasteiger partial charge in [-0.1, -0.05) is 47.7 Å². The van der Waals surface area contributed by atoms with Gasteiger partial charge in [0.2, 0.25) is 0 Å². The molecule has 5 nitrogen and oxygen atoms in total. The van der Waals surface area contributed by atoms with E-state index in [0.717, 1.165) is 17.0 Å². The van der Waals surface area contributed by atoms with Crippen LogP contribution in [0.4, 0.5) is 10.8 Å². The molecule has 0 bridgehead atoms. The molecule has 2 N–H and O–H groups in total. The standard InChI is InChI=1S/C20H21N3O2S.ClH/c1-14-8-6-7-11-17(14)25-13-12-21-20-22-15(2)18(26-20)19(24)23-16-9-4-3-5-10-16;/h3-11H,12-13H2,1-2H3,(H,21,22)(H,23,24);1H. The van der Waals surface area contributed by atoms with E-state index in [1.807, 2.05) is 68.4 Å². The molecular formula is C20H22ClN3O2S. The van der Waals surface area contributed by atoms with Crippen LogP contribution in [0.3, 0.4) is 0 Å². The number of anilines is 2. The summed E-state index contributed by atoms with van der Waals surface area (Å²) in [4.78, 5) is 17.4. The molecular weight excluding hydrogens is 382 g/mol.